The van der Waals surface area contributed by atoms with Crippen molar-refractivity contribution in [1.82, 2.24) is 0 Å². The molecule has 0 bridgehead atoms. The van der Waals surface area contributed by atoms with E-state index in [9.17, 15) is 25.6 Å². The van der Waals surface area contributed by atoms with Crippen LogP contribution in [-0.4, -0.2) is 23.1 Å². The van der Waals surface area contributed by atoms with Gasteiger partial charge >= 0.3 is 0 Å². The molecular formula is C25H37F2NO4S2. The summed E-state index contributed by atoms with van der Waals surface area (Å²) in [5, 5.41) is 5.02. The van der Waals surface area contributed by atoms with Crippen LogP contribution in [0.15, 0.2) is 21.9 Å². The van der Waals surface area contributed by atoms with E-state index in [0.717, 1.165) is 28.5 Å². The maximum Gasteiger partial charge on any atom is 0.241 e. The molecule has 2 aromatic carbocycles. The van der Waals surface area contributed by atoms with E-state index in [2.05, 4.69) is 0 Å². The maximum absolute atomic E-state index is 13.9. The van der Waals surface area contributed by atoms with Gasteiger partial charge in [-0.05, 0) is 84.0 Å². The predicted octanol–water partition coefficient (Wildman–Crippen LogP) is 5.53. The van der Waals surface area contributed by atoms with Crippen molar-refractivity contribution in [3.05, 3.63) is 57.1 Å². The van der Waals surface area contributed by atoms with E-state index in [1.54, 1.807) is 20.8 Å². The van der Waals surface area contributed by atoms with Gasteiger partial charge in [-0.2, -0.15) is 0 Å². The molecule has 0 saturated heterocycles. The van der Waals surface area contributed by atoms with Crippen molar-refractivity contribution in [3.8, 4) is 0 Å². The molecule has 5 nitrogen and oxygen atoms in total. The molecule has 2 aromatic rings. The smallest absolute Gasteiger partial charge is 0.225 e. The average Bonchev–Trinajstić information content (AvgIpc) is 2.57. The monoisotopic (exact) mass is 517 g/mol. The van der Waals surface area contributed by atoms with Gasteiger partial charge in [0.15, 0.2) is 9.84 Å². The molecule has 0 aliphatic carbocycles. The third-order valence-corrected chi connectivity index (χ3v) is 8.17. The first kappa shape index (κ1) is 30.2. The van der Waals surface area contributed by atoms with Gasteiger partial charge in [0.05, 0.1) is 0 Å². The number of nitrogens with two attached hydrogens (primary N) is 1. The van der Waals surface area contributed by atoms with Crippen molar-refractivity contribution in [1.29, 1.82) is 0 Å². The second kappa shape index (κ2) is 9.66. The van der Waals surface area contributed by atoms with E-state index in [1.807, 2.05) is 48.5 Å². The summed E-state index contributed by atoms with van der Waals surface area (Å²) in [6.45, 7) is 18.6. The molecule has 0 saturated carbocycles. The van der Waals surface area contributed by atoms with Crippen molar-refractivity contribution in [3.63, 3.8) is 0 Å². The van der Waals surface area contributed by atoms with Gasteiger partial charge in [-0.25, -0.2) is 30.8 Å². The molecule has 0 atom stereocenters. The largest absolute Gasteiger partial charge is 0.241 e. The molecule has 0 radical (unpaired) electrons. The number of hydrogen-bond acceptors (Lipinski definition) is 4. The van der Waals surface area contributed by atoms with Gasteiger partial charge in [0.25, 0.3) is 0 Å². The number of hydrogen-bond donors (Lipinski definition) is 1. The van der Waals surface area contributed by atoms with Crippen molar-refractivity contribution in [2.24, 2.45) is 5.14 Å². The molecule has 0 heterocycles. The van der Waals surface area contributed by atoms with Crippen LogP contribution >= 0.6 is 0 Å². The second-order valence-electron chi connectivity index (χ2n) is 10.8. The fourth-order valence-corrected chi connectivity index (χ4v) is 6.10. The lowest BCUT2D eigenvalue weighted by Crippen LogP contribution is -2.20. The van der Waals surface area contributed by atoms with E-state index in [-0.39, 0.29) is 15.7 Å². The Morgan fingerprint density at radius 3 is 1.21 bits per heavy atom. The highest BCUT2D eigenvalue weighted by molar-refractivity contribution is 7.90. The number of sulfone groups is 1. The zero-order chi connectivity index (χ0) is 27.2. The van der Waals surface area contributed by atoms with Crippen LogP contribution in [0.3, 0.4) is 0 Å². The molecule has 2 N–H and O–H groups in total. The summed E-state index contributed by atoms with van der Waals surface area (Å²) in [4.78, 5) is -0.578. The van der Waals surface area contributed by atoms with Crippen LogP contribution in [0.4, 0.5) is 8.78 Å². The number of primary sulfonamides is 1. The van der Waals surface area contributed by atoms with Crippen molar-refractivity contribution in [2.75, 3.05) is 6.26 Å². The van der Waals surface area contributed by atoms with Crippen LogP contribution in [0.5, 0.6) is 0 Å². The number of rotatable bonds is 2. The summed E-state index contributed by atoms with van der Waals surface area (Å²) in [6, 6.07) is 2.61. The zero-order valence-corrected chi connectivity index (χ0v) is 23.6. The van der Waals surface area contributed by atoms with Gasteiger partial charge in [0, 0.05) is 6.26 Å². The Morgan fingerprint density at radius 2 is 0.941 bits per heavy atom. The topological polar surface area (TPSA) is 94.3 Å². The quantitative estimate of drug-likeness (QED) is 0.567. The molecule has 0 spiro atoms. The minimum atomic E-state index is -4.02. The molecule has 0 amide bonds. The van der Waals surface area contributed by atoms with E-state index >= 15 is 0 Å². The standard InChI is InChI=1S/C13H19FO2S.C12H18FNO2S/c1-8-9(2)12(17(6,15)16)11(14)7-10(8)13(3,4)5;1-7-8(2)11(17(14,15)16)10(13)6-9(7)12(3,4)5/h7H,1-6H3;6H,1-5H3,(H2,14,15,16). The van der Waals surface area contributed by atoms with E-state index in [4.69, 9.17) is 5.14 Å². The van der Waals surface area contributed by atoms with Crippen molar-refractivity contribution < 1.29 is 25.6 Å². The summed E-state index contributed by atoms with van der Waals surface area (Å²) >= 11 is 0. The molecule has 192 valence electrons. The van der Waals surface area contributed by atoms with Gasteiger partial charge in [0.2, 0.25) is 10.0 Å². The van der Waals surface area contributed by atoms with Crippen LogP contribution in [0.25, 0.3) is 0 Å². The molecule has 0 fully saturated rings. The normalized spacial score (nSPS) is 12.9. The molecule has 34 heavy (non-hydrogen) atoms. The first-order valence-corrected chi connectivity index (χ1v) is 14.2. The Hall–Kier alpha value is -1.84. The number of halogens is 2. The molecule has 0 aliphatic heterocycles. The van der Waals surface area contributed by atoms with E-state index in [0.29, 0.717) is 11.1 Å². The second-order valence-corrected chi connectivity index (χ2v) is 14.2. The summed E-state index contributed by atoms with van der Waals surface area (Å²) in [5.41, 5.74) is 3.70. The van der Waals surface area contributed by atoms with Crippen LogP contribution in [0, 0.1) is 39.3 Å². The van der Waals surface area contributed by atoms with Crippen LogP contribution in [-0.2, 0) is 30.7 Å². The Morgan fingerprint density at radius 1 is 0.647 bits per heavy atom. The van der Waals surface area contributed by atoms with E-state index < -0.39 is 36.4 Å². The first-order valence-electron chi connectivity index (χ1n) is 10.8. The third kappa shape index (κ3) is 6.64. The summed E-state index contributed by atoms with van der Waals surface area (Å²) in [7, 11) is -7.55. The molecule has 0 aromatic heterocycles. The molecule has 2 rings (SSSR count). The Labute approximate surface area is 203 Å². The molecule has 0 unspecified atom stereocenters. The highest BCUT2D eigenvalue weighted by atomic mass is 32.2. The lowest BCUT2D eigenvalue weighted by Gasteiger charge is -2.24. The van der Waals surface area contributed by atoms with Crippen LogP contribution in [0.2, 0.25) is 0 Å². The Bertz CT molecular complexity index is 1210. The van der Waals surface area contributed by atoms with Gasteiger partial charge in [-0.15, -0.1) is 0 Å². The fraction of sp³-hybridized carbons (Fsp3) is 0.520. The number of sulfonamides is 1. The lowest BCUT2D eigenvalue weighted by atomic mass is 9.82. The van der Waals surface area contributed by atoms with Crippen LogP contribution < -0.4 is 5.14 Å². The lowest BCUT2D eigenvalue weighted by molar-refractivity contribution is 0.543. The highest BCUT2D eigenvalue weighted by Gasteiger charge is 2.26. The summed E-state index contributed by atoms with van der Waals surface area (Å²) < 4.78 is 73.5. The van der Waals surface area contributed by atoms with Gasteiger partial charge in [0.1, 0.15) is 21.4 Å². The van der Waals surface area contributed by atoms with Gasteiger partial charge in [-0.3, -0.25) is 0 Å². The Kier molecular flexibility index (Phi) is 8.58. The zero-order valence-electron chi connectivity index (χ0n) is 21.9. The van der Waals surface area contributed by atoms with Gasteiger partial charge in [-0.1, -0.05) is 41.5 Å². The number of benzene rings is 2. The maximum atomic E-state index is 13.9. The summed E-state index contributed by atoms with van der Waals surface area (Å²) in [5.74, 6) is -1.43. The minimum absolute atomic E-state index is 0.178. The van der Waals surface area contributed by atoms with Crippen LogP contribution in [0.1, 0.15) is 74.9 Å². The van der Waals surface area contributed by atoms with Crippen molar-refractivity contribution >= 4 is 19.9 Å². The highest BCUT2D eigenvalue weighted by Crippen LogP contribution is 2.33. The average molecular weight is 518 g/mol. The van der Waals surface area contributed by atoms with Gasteiger partial charge < -0.3 is 0 Å². The fourth-order valence-electron chi connectivity index (χ4n) is 4.07. The van der Waals surface area contributed by atoms with Crippen molar-refractivity contribution in [2.45, 2.75) is 89.9 Å². The Balaban J connectivity index is 0.000000340. The molecule has 9 heteroatoms. The minimum Gasteiger partial charge on any atom is -0.225 e. The van der Waals surface area contributed by atoms with E-state index in [1.165, 1.54) is 12.1 Å². The summed E-state index contributed by atoms with van der Waals surface area (Å²) in [6.07, 6.45) is 1.04. The third-order valence-electron chi connectivity index (χ3n) is 5.86. The predicted molar refractivity (Wildman–Crippen MR) is 134 cm³/mol. The SMILES string of the molecule is Cc1c(C(C)(C)C)cc(F)c(S(C)(=O)=O)c1C.Cc1c(C(C)(C)C)cc(F)c(S(N)(=O)=O)c1C. The molecular weight excluding hydrogens is 480 g/mol. The molecule has 0 aliphatic rings. The first-order chi connectivity index (χ1) is 14.9.